The Morgan fingerprint density at radius 3 is 0.710 bits per heavy atom. The maximum Gasteiger partial charge on any atom is 0.0389 e. The summed E-state index contributed by atoms with van der Waals surface area (Å²) >= 11 is 0. The van der Waals surface area contributed by atoms with Crippen molar-refractivity contribution in [2.24, 2.45) is 20.0 Å². The van der Waals surface area contributed by atoms with Gasteiger partial charge in [-0.25, -0.2) is 0 Å². The summed E-state index contributed by atoms with van der Waals surface area (Å²) in [5.74, 6) is 0. The van der Waals surface area contributed by atoms with Crippen LogP contribution in [0, 0.1) is 0 Å². The molecule has 342 valence electrons. The van der Waals surface area contributed by atoms with E-state index in [0.717, 1.165) is 77.5 Å². The predicted molar refractivity (Wildman–Crippen MR) is 283 cm³/mol. The summed E-state index contributed by atoms with van der Waals surface area (Å²) < 4.78 is 0. The van der Waals surface area contributed by atoms with Gasteiger partial charge in [-0.15, -0.1) is 0 Å². The van der Waals surface area contributed by atoms with Gasteiger partial charge in [-0.05, 0) is 205 Å². The van der Waals surface area contributed by atoms with Crippen LogP contribution >= 0.6 is 0 Å². The fourth-order valence-electron chi connectivity index (χ4n) is 7.26. The zero-order valence-electron chi connectivity index (χ0n) is 42.0. The molecule has 0 aromatic heterocycles. The number of aryl methyl sites for hydroxylation is 4. The van der Waals surface area contributed by atoms with Crippen LogP contribution in [0.15, 0.2) is 125 Å². The van der Waals surface area contributed by atoms with Crippen LogP contribution in [0.3, 0.4) is 0 Å². The maximum atomic E-state index is 4.74. The molecule has 0 amide bonds. The Bertz CT molecular complexity index is 1530. The van der Waals surface area contributed by atoms with Crippen LogP contribution in [0.2, 0.25) is 0 Å². The molecule has 1 aromatic carbocycles. The highest BCUT2D eigenvalue weighted by Crippen LogP contribution is 2.25. The number of aliphatic imine (C=N–C) groups is 4. The average molecular weight is 843 g/mol. The first-order valence-electron chi connectivity index (χ1n) is 24.3. The number of nitrogens with zero attached hydrogens (tertiary/aromatic N) is 4. The van der Waals surface area contributed by atoms with Crippen molar-refractivity contribution in [3.8, 4) is 0 Å². The second-order valence-corrected chi connectivity index (χ2v) is 17.5. The standard InChI is InChI=1S/C58H90N4/c1-13-47(5)37-51(9)43-59-33-25-17-21-29-55-41-57(31-23-19-27-35-61-45-53(11)39-49(7)15-3)58(32-24-20-28-36-62-46-54(12)40-50(8)16-4)42-56(55)30-22-18-26-34-60-44-52(10)38-48(6)14-2/h13-16,37-46H,17-36H2,1-12H3/b47-13-,48-14-,49-15-,50-16-,51-37-,52-38-,53-39-,54-40-,59-43+,60-44+,61-45+,62-46+. The molecule has 0 saturated carbocycles. The molecule has 1 rings (SSSR count). The van der Waals surface area contributed by atoms with Crippen molar-refractivity contribution in [3.63, 3.8) is 0 Å². The Morgan fingerprint density at radius 1 is 0.306 bits per heavy atom. The lowest BCUT2D eigenvalue weighted by atomic mass is 9.88. The summed E-state index contributed by atoms with van der Waals surface area (Å²) in [4.78, 5) is 19.0. The van der Waals surface area contributed by atoms with E-state index >= 15 is 0 Å². The first-order chi connectivity index (χ1) is 29.9. The highest BCUT2D eigenvalue weighted by molar-refractivity contribution is 5.79. The minimum absolute atomic E-state index is 0.899. The van der Waals surface area contributed by atoms with E-state index in [9.17, 15) is 0 Å². The van der Waals surface area contributed by atoms with Gasteiger partial charge in [0.15, 0.2) is 0 Å². The number of hydrogen-bond donors (Lipinski definition) is 0. The Balaban J connectivity index is 3.14. The molecule has 0 unspecified atom stereocenters. The van der Waals surface area contributed by atoms with Gasteiger partial charge < -0.3 is 0 Å². The zero-order valence-corrected chi connectivity index (χ0v) is 42.0. The molecule has 0 saturated heterocycles. The molecule has 0 fully saturated rings. The molecule has 0 atom stereocenters. The summed E-state index contributed by atoms with van der Waals surface area (Å²) in [6.07, 6.45) is 44.4. The van der Waals surface area contributed by atoms with Gasteiger partial charge in [-0.3, -0.25) is 20.0 Å². The fourth-order valence-corrected chi connectivity index (χ4v) is 7.26. The summed E-state index contributed by atoms with van der Waals surface area (Å²) in [6, 6.07) is 5.27. The van der Waals surface area contributed by atoms with Crippen molar-refractivity contribution in [1.82, 2.24) is 0 Å². The molecule has 1 aromatic rings. The molecule has 0 aliphatic rings. The Kier molecular flexibility index (Phi) is 32.7. The Hall–Kier alpha value is -4.18. The van der Waals surface area contributed by atoms with Gasteiger partial charge in [0.1, 0.15) is 0 Å². The van der Waals surface area contributed by atoms with Gasteiger partial charge in [0, 0.05) is 51.0 Å². The lowest BCUT2D eigenvalue weighted by Crippen LogP contribution is -2.04. The van der Waals surface area contributed by atoms with E-state index in [-0.39, 0.29) is 0 Å². The Labute approximate surface area is 382 Å². The number of allylic oxidation sites excluding steroid dienone is 16. The monoisotopic (exact) mass is 843 g/mol. The molecule has 0 radical (unpaired) electrons. The van der Waals surface area contributed by atoms with E-state index in [1.54, 1.807) is 22.3 Å². The fraction of sp³-hybridized carbons (Fsp3) is 0.552. The van der Waals surface area contributed by atoms with Gasteiger partial charge in [0.25, 0.3) is 0 Å². The van der Waals surface area contributed by atoms with Crippen molar-refractivity contribution >= 4 is 24.9 Å². The van der Waals surface area contributed by atoms with Crippen LogP contribution in [-0.2, 0) is 25.7 Å². The number of hydrogen-bond acceptors (Lipinski definition) is 4. The predicted octanol–water partition coefficient (Wildman–Crippen LogP) is 16.5. The molecule has 0 heterocycles. The Morgan fingerprint density at radius 2 is 0.516 bits per heavy atom. The van der Waals surface area contributed by atoms with Crippen molar-refractivity contribution in [1.29, 1.82) is 0 Å². The zero-order chi connectivity index (χ0) is 45.8. The largest absolute Gasteiger partial charge is 0.293 e. The second kappa shape index (κ2) is 36.3. The molecule has 0 aliphatic carbocycles. The van der Waals surface area contributed by atoms with Crippen LogP contribution in [-0.4, -0.2) is 51.0 Å². The van der Waals surface area contributed by atoms with E-state index in [0.29, 0.717) is 0 Å². The van der Waals surface area contributed by atoms with Crippen LogP contribution in [0.25, 0.3) is 0 Å². The quantitative estimate of drug-likeness (QED) is 0.0394. The molecular formula is C58H90N4. The van der Waals surface area contributed by atoms with Crippen LogP contribution in [0.4, 0.5) is 0 Å². The summed E-state index contributed by atoms with van der Waals surface area (Å²) in [5, 5.41) is 0. The van der Waals surface area contributed by atoms with Crippen LogP contribution < -0.4 is 0 Å². The molecule has 0 N–H and O–H groups in total. The minimum atomic E-state index is 0.899. The van der Waals surface area contributed by atoms with Gasteiger partial charge in [0.05, 0.1) is 0 Å². The van der Waals surface area contributed by atoms with Crippen molar-refractivity contribution in [2.45, 2.75) is 186 Å². The third-order valence-corrected chi connectivity index (χ3v) is 11.3. The lowest BCUT2D eigenvalue weighted by molar-refractivity contribution is 0.656. The number of unbranched alkanes of at least 4 members (excludes halogenated alkanes) is 8. The molecule has 0 bridgehead atoms. The normalized spacial score (nSPS) is 14.6. The molecular weight excluding hydrogens is 753 g/mol. The summed E-state index contributed by atoms with van der Waals surface area (Å²) in [5.41, 5.74) is 16.3. The number of rotatable bonds is 32. The van der Waals surface area contributed by atoms with Gasteiger partial charge in [-0.2, -0.15) is 0 Å². The molecule has 62 heavy (non-hydrogen) atoms. The van der Waals surface area contributed by atoms with Crippen molar-refractivity contribution in [2.75, 3.05) is 26.2 Å². The van der Waals surface area contributed by atoms with E-state index in [2.05, 4.69) is 144 Å². The van der Waals surface area contributed by atoms with Crippen LogP contribution in [0.1, 0.15) is 182 Å². The first-order valence-corrected chi connectivity index (χ1v) is 24.3. The smallest absolute Gasteiger partial charge is 0.0389 e. The van der Waals surface area contributed by atoms with E-state index in [1.807, 2.05) is 24.9 Å². The van der Waals surface area contributed by atoms with Crippen molar-refractivity contribution in [3.05, 3.63) is 128 Å². The SMILES string of the molecule is C\C=C(C)/C=C(C)\C=N\CCCCCc1cc(CCCCC/N=C/C(C)=C\C(C)=C/C)c(CCCCC/N=C/C(C)=C\C(C)=C/C)cc1CCCCC/N=C/C(C)=C\C(C)=C/C. The molecule has 4 nitrogen and oxygen atoms in total. The number of benzene rings is 1. The minimum Gasteiger partial charge on any atom is -0.293 e. The topological polar surface area (TPSA) is 49.4 Å². The third-order valence-electron chi connectivity index (χ3n) is 11.3. The van der Waals surface area contributed by atoms with E-state index < -0.39 is 0 Å². The van der Waals surface area contributed by atoms with Crippen LogP contribution in [0.5, 0.6) is 0 Å². The van der Waals surface area contributed by atoms with Gasteiger partial charge in [-0.1, -0.05) is 109 Å². The molecule has 4 heteroatoms. The van der Waals surface area contributed by atoms with E-state index in [4.69, 9.17) is 20.0 Å². The van der Waals surface area contributed by atoms with Crippen molar-refractivity contribution < 1.29 is 0 Å². The first kappa shape index (κ1) is 55.8. The highest BCUT2D eigenvalue weighted by Gasteiger charge is 2.11. The van der Waals surface area contributed by atoms with E-state index in [1.165, 1.54) is 96.0 Å². The highest BCUT2D eigenvalue weighted by atomic mass is 14.7. The molecule has 0 spiro atoms. The maximum absolute atomic E-state index is 4.74. The summed E-state index contributed by atoms with van der Waals surface area (Å²) in [6.45, 7) is 29.1. The summed E-state index contributed by atoms with van der Waals surface area (Å²) in [7, 11) is 0. The molecule has 0 aliphatic heterocycles. The van der Waals surface area contributed by atoms with Gasteiger partial charge >= 0.3 is 0 Å². The third kappa shape index (κ3) is 29.2. The average Bonchev–Trinajstić information content (AvgIpc) is 3.25. The van der Waals surface area contributed by atoms with Gasteiger partial charge in [0.2, 0.25) is 0 Å². The second-order valence-electron chi connectivity index (χ2n) is 17.5. The lowest BCUT2D eigenvalue weighted by Gasteiger charge is -2.18.